The van der Waals surface area contributed by atoms with Gasteiger partial charge in [-0.25, -0.2) is 4.79 Å². The summed E-state index contributed by atoms with van der Waals surface area (Å²) < 4.78 is 0. The molecule has 0 atom stereocenters. The number of carbonyl (C=O) groups excluding carboxylic acids is 1. The van der Waals surface area contributed by atoms with Gasteiger partial charge in [0.05, 0.1) is 11.2 Å². The first-order chi connectivity index (χ1) is 11.7. The Kier molecular flexibility index (Phi) is 4.06. The average molecular weight is 345 g/mol. The van der Waals surface area contributed by atoms with E-state index in [4.69, 9.17) is 17.3 Å². The fourth-order valence-electron chi connectivity index (χ4n) is 3.95. The van der Waals surface area contributed by atoms with E-state index >= 15 is 0 Å². The summed E-state index contributed by atoms with van der Waals surface area (Å²) in [6.45, 7) is 1.25. The van der Waals surface area contributed by atoms with Gasteiger partial charge < -0.3 is 11.1 Å². The van der Waals surface area contributed by atoms with E-state index in [2.05, 4.69) is 10.3 Å². The number of nitrogens with one attached hydrogen (secondary N) is 1. The summed E-state index contributed by atoms with van der Waals surface area (Å²) in [5.41, 5.74) is 8.70. The number of rotatable bonds is 2. The lowest BCUT2D eigenvalue weighted by Gasteiger charge is -2.40. The molecule has 0 saturated heterocycles. The number of amides is 2. The highest BCUT2D eigenvalue weighted by atomic mass is 35.5. The summed E-state index contributed by atoms with van der Waals surface area (Å²) >= 11 is 6.21. The molecule has 1 saturated carbocycles. The van der Waals surface area contributed by atoms with Crippen LogP contribution in [0.1, 0.15) is 31.2 Å². The second-order valence-electron chi connectivity index (χ2n) is 6.73. The number of urea groups is 1. The zero-order chi connectivity index (χ0) is 16.7. The van der Waals surface area contributed by atoms with E-state index in [1.807, 2.05) is 29.3 Å². The Morgan fingerprint density at radius 3 is 2.83 bits per heavy atom. The minimum absolute atomic E-state index is 0.0221. The van der Waals surface area contributed by atoms with Gasteiger partial charge in [0.1, 0.15) is 0 Å². The summed E-state index contributed by atoms with van der Waals surface area (Å²) in [7, 11) is 0. The predicted octanol–water partition coefficient (Wildman–Crippen LogP) is 3.44. The number of nitrogens with zero attached hydrogens (tertiary/aromatic N) is 2. The van der Waals surface area contributed by atoms with Crippen LogP contribution in [0.15, 0.2) is 24.4 Å². The molecule has 2 aromatic rings. The maximum Gasteiger partial charge on any atom is 0.322 e. The zero-order valence-electron chi connectivity index (χ0n) is 13.5. The molecule has 0 spiro atoms. The molecular weight excluding hydrogens is 324 g/mol. The fraction of sp³-hybridized carbons (Fsp3) is 0.444. The van der Waals surface area contributed by atoms with E-state index < -0.39 is 0 Å². The number of hydrogen-bond donors (Lipinski definition) is 2. The fourth-order valence-corrected chi connectivity index (χ4v) is 4.12. The van der Waals surface area contributed by atoms with E-state index in [1.54, 1.807) is 0 Å². The second kappa shape index (κ2) is 6.22. The molecule has 0 bridgehead atoms. The van der Waals surface area contributed by atoms with Crippen LogP contribution >= 0.6 is 11.6 Å². The summed E-state index contributed by atoms with van der Waals surface area (Å²) in [5, 5.41) is 4.60. The highest BCUT2D eigenvalue weighted by Crippen LogP contribution is 2.38. The van der Waals surface area contributed by atoms with Crippen molar-refractivity contribution in [3.05, 3.63) is 35.0 Å². The summed E-state index contributed by atoms with van der Waals surface area (Å²) in [5.74, 6) is 0.581. The molecule has 2 aliphatic rings. The van der Waals surface area contributed by atoms with Crippen LogP contribution < -0.4 is 16.0 Å². The number of benzene rings is 1. The molecule has 4 rings (SSSR count). The monoisotopic (exact) mass is 344 g/mol. The lowest BCUT2D eigenvalue weighted by Crippen LogP contribution is -2.51. The quantitative estimate of drug-likeness (QED) is 0.876. The van der Waals surface area contributed by atoms with Gasteiger partial charge in [-0.05, 0) is 56.3 Å². The van der Waals surface area contributed by atoms with Crippen molar-refractivity contribution in [1.82, 2.24) is 10.3 Å². The van der Waals surface area contributed by atoms with Gasteiger partial charge in [-0.2, -0.15) is 0 Å². The van der Waals surface area contributed by atoms with Gasteiger partial charge >= 0.3 is 6.03 Å². The molecule has 0 radical (unpaired) electrons. The van der Waals surface area contributed by atoms with Crippen LogP contribution in [-0.4, -0.2) is 23.6 Å². The molecular formula is C18H21ClN4O. The standard InChI is InChI=1S/C18H21ClN4O/c19-13-3-6-16-15(7-13)17-12(9-21-16)10-22-18(24)23(17)14-4-1-11(8-20)2-5-14/h3,6-7,9,11,14H,1-2,4-5,8,10,20H2,(H,22,24). The molecule has 1 aromatic carbocycles. The Morgan fingerprint density at radius 2 is 2.08 bits per heavy atom. The Labute approximate surface area is 146 Å². The summed E-state index contributed by atoms with van der Waals surface area (Å²) in [6.07, 6.45) is 5.98. The van der Waals surface area contributed by atoms with Crippen molar-refractivity contribution in [2.24, 2.45) is 11.7 Å². The van der Waals surface area contributed by atoms with Crippen LogP contribution in [0.2, 0.25) is 5.02 Å². The van der Waals surface area contributed by atoms with E-state index in [9.17, 15) is 4.79 Å². The lowest BCUT2D eigenvalue weighted by atomic mass is 9.85. The Morgan fingerprint density at radius 1 is 1.29 bits per heavy atom. The van der Waals surface area contributed by atoms with Crippen molar-refractivity contribution in [1.29, 1.82) is 0 Å². The first-order valence-corrected chi connectivity index (χ1v) is 8.89. The van der Waals surface area contributed by atoms with Crippen LogP contribution in [0.25, 0.3) is 10.9 Å². The molecule has 2 amide bonds. The molecule has 0 unspecified atom stereocenters. The van der Waals surface area contributed by atoms with Crippen molar-refractivity contribution < 1.29 is 4.79 Å². The third kappa shape index (κ3) is 2.62. The number of hydrogen-bond acceptors (Lipinski definition) is 3. The topological polar surface area (TPSA) is 71.2 Å². The Bertz CT molecular complexity index is 786. The first-order valence-electron chi connectivity index (χ1n) is 8.51. The van der Waals surface area contributed by atoms with Crippen LogP contribution in [0.5, 0.6) is 0 Å². The molecule has 126 valence electrons. The minimum Gasteiger partial charge on any atom is -0.333 e. The molecule has 5 nitrogen and oxygen atoms in total. The van der Waals surface area contributed by atoms with Gasteiger partial charge in [0, 0.05) is 34.8 Å². The molecule has 24 heavy (non-hydrogen) atoms. The van der Waals surface area contributed by atoms with Crippen molar-refractivity contribution in [2.75, 3.05) is 11.4 Å². The second-order valence-corrected chi connectivity index (χ2v) is 7.17. The Hall–Kier alpha value is -1.85. The highest BCUT2D eigenvalue weighted by molar-refractivity contribution is 6.31. The Balaban J connectivity index is 1.79. The van der Waals surface area contributed by atoms with Crippen LogP contribution in [0.3, 0.4) is 0 Å². The third-order valence-corrected chi connectivity index (χ3v) is 5.52. The number of nitrogens with two attached hydrogens (primary N) is 1. The first kappa shape index (κ1) is 15.7. The maximum absolute atomic E-state index is 12.7. The van der Waals surface area contributed by atoms with Gasteiger partial charge in [-0.1, -0.05) is 11.6 Å². The number of carbonyl (C=O) groups is 1. The van der Waals surface area contributed by atoms with Crippen molar-refractivity contribution in [3.8, 4) is 0 Å². The van der Waals surface area contributed by atoms with Crippen molar-refractivity contribution in [3.63, 3.8) is 0 Å². The van der Waals surface area contributed by atoms with E-state index in [0.29, 0.717) is 17.5 Å². The number of fused-ring (bicyclic) bond motifs is 3. The number of pyridine rings is 1. The molecule has 1 aromatic heterocycles. The SMILES string of the molecule is NCC1CCC(N2C(=O)NCc3cnc4ccc(Cl)cc4c32)CC1. The number of anilines is 1. The van der Waals surface area contributed by atoms with Gasteiger partial charge in [0.25, 0.3) is 0 Å². The smallest absolute Gasteiger partial charge is 0.322 e. The van der Waals surface area contributed by atoms with Crippen molar-refractivity contribution >= 4 is 34.2 Å². The van der Waals surface area contributed by atoms with Crippen molar-refractivity contribution in [2.45, 2.75) is 38.3 Å². The predicted molar refractivity (Wildman–Crippen MR) is 96.3 cm³/mol. The molecule has 1 aliphatic carbocycles. The normalized spacial score (nSPS) is 23.9. The lowest BCUT2D eigenvalue weighted by molar-refractivity contribution is 0.236. The highest BCUT2D eigenvalue weighted by Gasteiger charge is 2.34. The molecule has 6 heteroatoms. The third-order valence-electron chi connectivity index (χ3n) is 5.28. The molecule has 1 fully saturated rings. The van der Waals surface area contributed by atoms with Gasteiger partial charge in [0.15, 0.2) is 0 Å². The zero-order valence-corrected chi connectivity index (χ0v) is 14.2. The minimum atomic E-state index is -0.0221. The summed E-state index contributed by atoms with van der Waals surface area (Å²) in [6, 6.07) is 5.85. The molecule has 1 aliphatic heterocycles. The van der Waals surface area contributed by atoms with E-state index in [1.165, 1.54) is 0 Å². The van der Waals surface area contributed by atoms with E-state index in [0.717, 1.165) is 54.4 Å². The van der Waals surface area contributed by atoms with Crippen LogP contribution in [-0.2, 0) is 6.54 Å². The van der Waals surface area contributed by atoms with Gasteiger partial charge in [0.2, 0.25) is 0 Å². The van der Waals surface area contributed by atoms with Crippen LogP contribution in [0.4, 0.5) is 10.5 Å². The maximum atomic E-state index is 12.7. The molecule has 3 N–H and O–H groups in total. The molecule has 2 heterocycles. The van der Waals surface area contributed by atoms with Gasteiger partial charge in [-0.15, -0.1) is 0 Å². The number of aromatic nitrogens is 1. The van der Waals surface area contributed by atoms with E-state index in [-0.39, 0.29) is 12.1 Å². The average Bonchev–Trinajstić information content (AvgIpc) is 2.61. The number of halogens is 1. The largest absolute Gasteiger partial charge is 0.333 e. The summed E-state index contributed by atoms with van der Waals surface area (Å²) in [4.78, 5) is 19.1. The van der Waals surface area contributed by atoms with Crippen LogP contribution in [0, 0.1) is 5.92 Å². The van der Waals surface area contributed by atoms with Gasteiger partial charge in [-0.3, -0.25) is 9.88 Å².